The standard InChI is InChI=1S/C11H12O4/c12-3-8-5-13-4-7-1-10-11(2-9(7)8)15-6-14-10/h1-2,8,12H,3-6H2. The van der Waals surface area contributed by atoms with Crippen LogP contribution in [0.4, 0.5) is 0 Å². The number of benzene rings is 1. The van der Waals surface area contributed by atoms with Crippen molar-refractivity contribution in [3.8, 4) is 11.5 Å². The van der Waals surface area contributed by atoms with Crippen molar-refractivity contribution >= 4 is 0 Å². The van der Waals surface area contributed by atoms with Crippen LogP contribution in [-0.2, 0) is 11.3 Å². The van der Waals surface area contributed by atoms with E-state index < -0.39 is 0 Å². The van der Waals surface area contributed by atoms with E-state index in [1.807, 2.05) is 12.1 Å². The molecule has 80 valence electrons. The van der Waals surface area contributed by atoms with E-state index in [4.69, 9.17) is 14.2 Å². The molecule has 0 saturated heterocycles. The monoisotopic (exact) mass is 208 g/mol. The molecule has 1 N–H and O–H groups in total. The summed E-state index contributed by atoms with van der Waals surface area (Å²) in [4.78, 5) is 0. The van der Waals surface area contributed by atoms with E-state index in [0.29, 0.717) is 13.2 Å². The Hall–Kier alpha value is -1.26. The molecule has 15 heavy (non-hydrogen) atoms. The molecule has 0 spiro atoms. The van der Waals surface area contributed by atoms with Crippen LogP contribution in [0.3, 0.4) is 0 Å². The highest BCUT2D eigenvalue weighted by atomic mass is 16.7. The second-order valence-corrected chi connectivity index (χ2v) is 3.80. The fourth-order valence-electron chi connectivity index (χ4n) is 2.06. The number of hydrogen-bond donors (Lipinski definition) is 1. The first-order chi connectivity index (χ1) is 7.38. The molecule has 2 aliphatic rings. The van der Waals surface area contributed by atoms with Crippen molar-refractivity contribution in [2.24, 2.45) is 0 Å². The first-order valence-electron chi connectivity index (χ1n) is 4.99. The fourth-order valence-corrected chi connectivity index (χ4v) is 2.06. The van der Waals surface area contributed by atoms with Crippen LogP contribution in [0.15, 0.2) is 12.1 Å². The van der Waals surface area contributed by atoms with Crippen molar-refractivity contribution in [1.29, 1.82) is 0 Å². The van der Waals surface area contributed by atoms with Gasteiger partial charge < -0.3 is 19.3 Å². The highest BCUT2D eigenvalue weighted by Gasteiger charge is 2.24. The van der Waals surface area contributed by atoms with Gasteiger partial charge in [0.25, 0.3) is 0 Å². The summed E-state index contributed by atoms with van der Waals surface area (Å²) in [5, 5.41) is 9.23. The molecular weight excluding hydrogens is 196 g/mol. The van der Waals surface area contributed by atoms with Crippen LogP contribution in [0, 0.1) is 0 Å². The minimum Gasteiger partial charge on any atom is -0.454 e. The predicted molar refractivity (Wildman–Crippen MR) is 52.0 cm³/mol. The Morgan fingerprint density at radius 3 is 2.87 bits per heavy atom. The average Bonchev–Trinajstić information content (AvgIpc) is 2.72. The molecule has 1 aromatic carbocycles. The maximum atomic E-state index is 9.23. The Morgan fingerprint density at radius 2 is 2.07 bits per heavy atom. The maximum absolute atomic E-state index is 9.23. The Labute approximate surface area is 87.4 Å². The average molecular weight is 208 g/mol. The molecule has 3 rings (SSSR count). The molecule has 2 heterocycles. The van der Waals surface area contributed by atoms with Crippen LogP contribution < -0.4 is 9.47 Å². The van der Waals surface area contributed by atoms with E-state index in [1.54, 1.807) is 0 Å². The van der Waals surface area contributed by atoms with Crippen molar-refractivity contribution < 1.29 is 19.3 Å². The maximum Gasteiger partial charge on any atom is 0.231 e. The summed E-state index contributed by atoms with van der Waals surface area (Å²) in [6.45, 7) is 1.54. The second kappa shape index (κ2) is 3.40. The molecule has 1 unspecified atom stereocenters. The highest BCUT2D eigenvalue weighted by Crippen LogP contribution is 2.39. The van der Waals surface area contributed by atoms with Gasteiger partial charge in [0.2, 0.25) is 6.79 Å². The van der Waals surface area contributed by atoms with Gasteiger partial charge in [-0.3, -0.25) is 0 Å². The molecule has 4 heteroatoms. The van der Waals surface area contributed by atoms with Crippen LogP contribution >= 0.6 is 0 Å². The van der Waals surface area contributed by atoms with Crippen molar-refractivity contribution in [3.63, 3.8) is 0 Å². The smallest absolute Gasteiger partial charge is 0.231 e. The SMILES string of the molecule is OCC1COCc2cc3c(cc21)OCO3. The largest absolute Gasteiger partial charge is 0.454 e. The number of fused-ring (bicyclic) bond motifs is 2. The summed E-state index contributed by atoms with van der Waals surface area (Å²) >= 11 is 0. The van der Waals surface area contributed by atoms with Gasteiger partial charge in [-0.2, -0.15) is 0 Å². The molecule has 0 aliphatic carbocycles. The van der Waals surface area contributed by atoms with Gasteiger partial charge in [0.1, 0.15) is 0 Å². The molecule has 2 aliphatic heterocycles. The summed E-state index contributed by atoms with van der Waals surface area (Å²) in [5.41, 5.74) is 2.21. The third-order valence-electron chi connectivity index (χ3n) is 2.87. The van der Waals surface area contributed by atoms with Gasteiger partial charge in [0.15, 0.2) is 11.5 Å². The van der Waals surface area contributed by atoms with Crippen molar-refractivity contribution in [3.05, 3.63) is 23.3 Å². The Bertz CT molecular complexity index is 388. The lowest BCUT2D eigenvalue weighted by Crippen LogP contribution is -2.19. The highest BCUT2D eigenvalue weighted by molar-refractivity contribution is 5.50. The lowest BCUT2D eigenvalue weighted by atomic mass is 9.93. The van der Waals surface area contributed by atoms with Crippen molar-refractivity contribution in [2.45, 2.75) is 12.5 Å². The topological polar surface area (TPSA) is 47.9 Å². The van der Waals surface area contributed by atoms with E-state index in [9.17, 15) is 5.11 Å². The lowest BCUT2D eigenvalue weighted by molar-refractivity contribution is 0.0721. The number of aliphatic hydroxyl groups excluding tert-OH is 1. The molecule has 0 amide bonds. The van der Waals surface area contributed by atoms with E-state index in [2.05, 4.69) is 0 Å². The van der Waals surface area contributed by atoms with Crippen LogP contribution in [0.2, 0.25) is 0 Å². The minimum atomic E-state index is 0.0586. The first-order valence-corrected chi connectivity index (χ1v) is 4.99. The summed E-state index contributed by atoms with van der Waals surface area (Å²) in [6, 6.07) is 3.90. The number of aliphatic hydroxyl groups is 1. The lowest BCUT2D eigenvalue weighted by Gasteiger charge is -2.24. The van der Waals surface area contributed by atoms with Crippen LogP contribution in [0.25, 0.3) is 0 Å². The number of hydrogen-bond acceptors (Lipinski definition) is 4. The molecule has 4 nitrogen and oxygen atoms in total. The fraction of sp³-hybridized carbons (Fsp3) is 0.455. The van der Waals surface area contributed by atoms with E-state index >= 15 is 0 Å². The van der Waals surface area contributed by atoms with Crippen LogP contribution in [-0.4, -0.2) is 25.1 Å². The van der Waals surface area contributed by atoms with Gasteiger partial charge in [-0.05, 0) is 23.3 Å². The van der Waals surface area contributed by atoms with Crippen LogP contribution in [0.5, 0.6) is 11.5 Å². The predicted octanol–water partition coefficient (Wildman–Crippen LogP) is 1.02. The van der Waals surface area contributed by atoms with Gasteiger partial charge in [0, 0.05) is 5.92 Å². The molecule has 0 aromatic heterocycles. The molecule has 0 fully saturated rings. The first kappa shape index (κ1) is 9.00. The van der Waals surface area contributed by atoms with Gasteiger partial charge in [0.05, 0.1) is 19.8 Å². The minimum absolute atomic E-state index is 0.0586. The molecule has 1 atom stereocenters. The number of rotatable bonds is 1. The van der Waals surface area contributed by atoms with E-state index in [-0.39, 0.29) is 19.3 Å². The number of ether oxygens (including phenoxy) is 3. The zero-order valence-electron chi connectivity index (χ0n) is 8.23. The third-order valence-corrected chi connectivity index (χ3v) is 2.87. The van der Waals surface area contributed by atoms with E-state index in [1.165, 1.54) is 0 Å². The van der Waals surface area contributed by atoms with Gasteiger partial charge in [-0.1, -0.05) is 0 Å². The summed E-state index contributed by atoms with van der Waals surface area (Å²) in [6.07, 6.45) is 0. The van der Waals surface area contributed by atoms with Crippen LogP contribution in [0.1, 0.15) is 17.0 Å². The van der Waals surface area contributed by atoms with Gasteiger partial charge in [-0.25, -0.2) is 0 Å². The zero-order valence-corrected chi connectivity index (χ0v) is 8.23. The van der Waals surface area contributed by atoms with Crippen molar-refractivity contribution in [2.75, 3.05) is 20.0 Å². The Balaban J connectivity index is 2.08. The molecule has 0 saturated carbocycles. The van der Waals surface area contributed by atoms with Gasteiger partial charge in [-0.15, -0.1) is 0 Å². The Morgan fingerprint density at radius 1 is 1.27 bits per heavy atom. The second-order valence-electron chi connectivity index (χ2n) is 3.80. The molecular formula is C11H12O4. The zero-order chi connectivity index (χ0) is 10.3. The Kier molecular flexibility index (Phi) is 2.04. The molecule has 1 aromatic rings. The summed E-state index contributed by atoms with van der Waals surface area (Å²) in [5.74, 6) is 1.60. The molecule has 0 radical (unpaired) electrons. The van der Waals surface area contributed by atoms with Crippen molar-refractivity contribution in [1.82, 2.24) is 0 Å². The van der Waals surface area contributed by atoms with Gasteiger partial charge >= 0.3 is 0 Å². The summed E-state index contributed by atoms with van der Waals surface area (Å²) in [7, 11) is 0. The third kappa shape index (κ3) is 1.37. The summed E-state index contributed by atoms with van der Waals surface area (Å²) < 4.78 is 16.0. The van der Waals surface area contributed by atoms with E-state index in [0.717, 1.165) is 22.6 Å². The normalized spacial score (nSPS) is 22.6. The quantitative estimate of drug-likeness (QED) is 0.748. The molecule has 0 bridgehead atoms.